The van der Waals surface area contributed by atoms with Crippen LogP contribution in [0.3, 0.4) is 0 Å². The number of ether oxygens (including phenoxy) is 4. The average molecular weight is 635 g/mol. The Kier molecular flexibility index (Phi) is 8.37. The Morgan fingerprint density at radius 3 is 2.04 bits per heavy atom. The van der Waals surface area contributed by atoms with E-state index >= 15 is 0 Å². The van der Waals surface area contributed by atoms with Crippen LogP contribution >= 0.6 is 0 Å². The molecule has 0 saturated heterocycles. The van der Waals surface area contributed by atoms with Gasteiger partial charge in [0.15, 0.2) is 6.10 Å². The summed E-state index contributed by atoms with van der Waals surface area (Å²) in [6.45, 7) is 16.1. The summed E-state index contributed by atoms with van der Waals surface area (Å²) in [5.74, 6) is 0.665. The van der Waals surface area contributed by atoms with Crippen LogP contribution in [0.4, 0.5) is 9.59 Å². The van der Waals surface area contributed by atoms with Crippen molar-refractivity contribution in [2.24, 2.45) is 62.2 Å². The summed E-state index contributed by atoms with van der Waals surface area (Å²) < 4.78 is 23.3. The Labute approximate surface area is 269 Å². The maximum absolute atomic E-state index is 12.4. The van der Waals surface area contributed by atoms with Gasteiger partial charge in [-0.15, -0.1) is 0 Å². The van der Waals surface area contributed by atoms with Crippen LogP contribution in [-0.4, -0.2) is 60.4 Å². The lowest BCUT2D eigenvalue weighted by atomic mass is 9.41. The topological polar surface area (TPSA) is 160 Å². The normalized spacial score (nSPS) is 43.3. The van der Waals surface area contributed by atoms with E-state index in [-0.39, 0.29) is 51.1 Å². The predicted octanol–water partition coefficient (Wildman–Crippen LogP) is 5.71. The number of methoxy groups -OCH3 is 1. The first-order valence-corrected chi connectivity index (χ1v) is 17.1. The molecule has 5 aliphatic carbocycles. The Morgan fingerprint density at radius 2 is 1.49 bits per heavy atom. The maximum Gasteiger partial charge on any atom is 0.404 e. The highest BCUT2D eigenvalue weighted by molar-refractivity contribution is 5.66. The average Bonchev–Trinajstić information content (AvgIpc) is 3.52. The molecule has 7 unspecified atom stereocenters. The van der Waals surface area contributed by atoms with Gasteiger partial charge >= 0.3 is 18.2 Å². The van der Waals surface area contributed by atoms with Gasteiger partial charge in [-0.05, 0) is 112 Å². The second-order valence-corrected chi connectivity index (χ2v) is 17.1. The van der Waals surface area contributed by atoms with Gasteiger partial charge in [0.05, 0.1) is 11.7 Å². The van der Waals surface area contributed by atoms with Gasteiger partial charge in [-0.3, -0.25) is 4.79 Å². The van der Waals surface area contributed by atoms with Crippen LogP contribution in [0.1, 0.15) is 113 Å². The Hall–Kier alpha value is -2.07. The van der Waals surface area contributed by atoms with Crippen molar-refractivity contribution in [3.05, 3.63) is 0 Å². The highest BCUT2D eigenvalue weighted by atomic mass is 16.6. The Morgan fingerprint density at radius 1 is 0.911 bits per heavy atom. The minimum atomic E-state index is -1.29. The second-order valence-electron chi connectivity index (χ2n) is 17.1. The van der Waals surface area contributed by atoms with Crippen molar-refractivity contribution in [1.29, 1.82) is 0 Å². The molecule has 2 amide bonds. The molecule has 256 valence electrons. The maximum atomic E-state index is 12.4. The zero-order valence-corrected chi connectivity index (χ0v) is 28.9. The molecule has 5 aliphatic rings. The van der Waals surface area contributed by atoms with Crippen LogP contribution in [-0.2, 0) is 23.7 Å². The number of nitrogens with two attached hydrogens (primary N) is 2. The Balaban J connectivity index is 1.46. The van der Waals surface area contributed by atoms with Gasteiger partial charge in [0.25, 0.3) is 0 Å². The monoisotopic (exact) mass is 634 g/mol. The molecule has 0 aromatic rings. The molecule has 5 fully saturated rings. The van der Waals surface area contributed by atoms with Crippen molar-refractivity contribution in [1.82, 2.24) is 0 Å². The van der Waals surface area contributed by atoms with Gasteiger partial charge < -0.3 is 35.5 Å². The SMILES string of the molecule is COC(C[C@@H](C)[C@H]1C[C@H](OC(N)=O)[C@@]2(C)C3CC[C@H]4C(C)(C)C(OC(N)=O)CCC45CC35CCC12C)C(OC(C)=O)C(C)(C)O. The van der Waals surface area contributed by atoms with Crippen LogP contribution in [0.25, 0.3) is 0 Å². The fraction of sp³-hybridized carbons (Fsp3) is 0.914. The van der Waals surface area contributed by atoms with Gasteiger partial charge in [-0.25, -0.2) is 9.59 Å². The summed E-state index contributed by atoms with van der Waals surface area (Å²) in [6, 6.07) is 0. The summed E-state index contributed by atoms with van der Waals surface area (Å²) >= 11 is 0. The van der Waals surface area contributed by atoms with E-state index in [1.807, 2.05) is 0 Å². The van der Waals surface area contributed by atoms with Crippen molar-refractivity contribution < 1.29 is 38.4 Å². The molecule has 2 spiro atoms. The lowest BCUT2D eigenvalue weighted by Gasteiger charge is -2.63. The number of primary amides is 2. The Bertz CT molecular complexity index is 1200. The number of hydrogen-bond acceptors (Lipinski definition) is 8. The quantitative estimate of drug-likeness (QED) is 0.215. The van der Waals surface area contributed by atoms with Crippen molar-refractivity contribution in [2.45, 2.75) is 143 Å². The van der Waals surface area contributed by atoms with E-state index in [1.165, 1.54) is 13.3 Å². The number of fused-ring (bicyclic) bond motifs is 2. The van der Waals surface area contributed by atoms with E-state index in [4.69, 9.17) is 30.4 Å². The summed E-state index contributed by atoms with van der Waals surface area (Å²) in [6.07, 6.45) is 5.24. The molecule has 0 heterocycles. The second kappa shape index (κ2) is 11.0. The molecule has 0 bridgehead atoms. The number of aliphatic hydroxyl groups is 1. The summed E-state index contributed by atoms with van der Waals surface area (Å²) in [7, 11) is 1.60. The van der Waals surface area contributed by atoms with Gasteiger partial charge in [-0.2, -0.15) is 0 Å². The van der Waals surface area contributed by atoms with Gasteiger partial charge in [0, 0.05) is 24.9 Å². The molecule has 5 N–H and O–H groups in total. The van der Waals surface area contributed by atoms with E-state index in [0.29, 0.717) is 24.7 Å². The molecular formula is C35H58N2O8. The zero-order chi connectivity index (χ0) is 33.5. The third-order valence-electron chi connectivity index (χ3n) is 14.6. The lowest BCUT2D eigenvalue weighted by molar-refractivity contribution is -0.185. The van der Waals surface area contributed by atoms with E-state index in [9.17, 15) is 19.5 Å². The molecule has 5 rings (SSSR count). The third-order valence-corrected chi connectivity index (χ3v) is 14.6. The molecule has 0 aromatic heterocycles. The van der Waals surface area contributed by atoms with Crippen LogP contribution in [0, 0.1) is 50.7 Å². The smallest absolute Gasteiger partial charge is 0.404 e. The first kappa shape index (κ1) is 34.3. The largest absolute Gasteiger partial charge is 0.457 e. The number of carbonyl (C=O) groups excluding carboxylic acids is 3. The van der Waals surface area contributed by atoms with E-state index in [0.717, 1.165) is 38.5 Å². The van der Waals surface area contributed by atoms with Crippen molar-refractivity contribution >= 4 is 18.2 Å². The van der Waals surface area contributed by atoms with Crippen LogP contribution in [0.5, 0.6) is 0 Å². The minimum Gasteiger partial charge on any atom is -0.457 e. The van der Waals surface area contributed by atoms with Crippen molar-refractivity contribution in [3.8, 4) is 0 Å². The molecule has 45 heavy (non-hydrogen) atoms. The minimum absolute atomic E-state index is 0.125. The molecule has 0 aromatic carbocycles. The van der Waals surface area contributed by atoms with Gasteiger partial charge in [0.2, 0.25) is 0 Å². The fourth-order valence-electron chi connectivity index (χ4n) is 12.6. The van der Waals surface area contributed by atoms with E-state index < -0.39 is 36.0 Å². The summed E-state index contributed by atoms with van der Waals surface area (Å²) in [5.41, 5.74) is 9.70. The molecule has 5 saturated carbocycles. The summed E-state index contributed by atoms with van der Waals surface area (Å²) in [4.78, 5) is 36.2. The third kappa shape index (κ3) is 4.97. The zero-order valence-electron chi connectivity index (χ0n) is 28.9. The fourth-order valence-corrected chi connectivity index (χ4v) is 12.6. The standard InChI is InChI=1S/C35H58N2O8/c1-19(16-22(42-9)27(31(5,6)41)43-20(2)38)21-17-26(45-29(37)40)33(8)24-11-10-23-30(3,4)25(44-28(36)39)12-13-34(23)18-35(24,34)15-14-32(21,33)7/h19,21-27,41H,10-18H2,1-9H3,(H2,36,39)(H2,37,40)/t19-,21-,22?,23+,24?,25?,26+,27?,32?,33-,34?,35?/m1/s1. The van der Waals surface area contributed by atoms with Crippen molar-refractivity contribution in [3.63, 3.8) is 0 Å². The number of carbonyl (C=O) groups is 3. The molecule has 0 aliphatic heterocycles. The first-order chi connectivity index (χ1) is 20.7. The van der Waals surface area contributed by atoms with Crippen LogP contribution in [0.2, 0.25) is 0 Å². The number of amides is 2. The van der Waals surface area contributed by atoms with Crippen molar-refractivity contribution in [2.75, 3.05) is 7.11 Å². The highest BCUT2D eigenvalue weighted by Gasteiger charge is 2.84. The molecule has 10 heteroatoms. The highest BCUT2D eigenvalue weighted by Crippen LogP contribution is 2.89. The summed E-state index contributed by atoms with van der Waals surface area (Å²) in [5, 5.41) is 10.9. The van der Waals surface area contributed by atoms with Gasteiger partial charge in [-0.1, -0.05) is 34.6 Å². The number of hydrogen-bond donors (Lipinski definition) is 3. The van der Waals surface area contributed by atoms with Crippen LogP contribution in [0.15, 0.2) is 0 Å². The van der Waals surface area contributed by atoms with Gasteiger partial charge in [0.1, 0.15) is 12.2 Å². The molecule has 10 nitrogen and oxygen atoms in total. The number of rotatable bonds is 9. The van der Waals surface area contributed by atoms with E-state index in [2.05, 4.69) is 34.6 Å². The van der Waals surface area contributed by atoms with E-state index in [1.54, 1.807) is 21.0 Å². The molecule has 12 atom stereocenters. The number of esters is 1. The first-order valence-electron chi connectivity index (χ1n) is 17.1. The predicted molar refractivity (Wildman–Crippen MR) is 168 cm³/mol. The van der Waals surface area contributed by atoms with Crippen LogP contribution < -0.4 is 11.5 Å². The molecular weight excluding hydrogens is 576 g/mol. The molecule has 0 radical (unpaired) electrons. The lowest BCUT2D eigenvalue weighted by Crippen LogP contribution is -2.60.